The summed E-state index contributed by atoms with van der Waals surface area (Å²) in [6.45, 7) is 1.48. The molecule has 0 saturated heterocycles. The van der Waals surface area contributed by atoms with Gasteiger partial charge < -0.3 is 5.11 Å². The van der Waals surface area contributed by atoms with Gasteiger partial charge in [-0.2, -0.15) is 13.2 Å². The second kappa shape index (κ2) is 3.90. The van der Waals surface area contributed by atoms with Crippen LogP contribution in [0.4, 0.5) is 13.2 Å². The van der Waals surface area contributed by atoms with Crippen molar-refractivity contribution in [2.75, 3.05) is 0 Å². The lowest BCUT2D eigenvalue weighted by atomic mass is 10.2. The molecule has 1 aromatic rings. The smallest absolute Gasteiger partial charge is 0.446 e. The maximum Gasteiger partial charge on any atom is 0.446 e. The van der Waals surface area contributed by atoms with Gasteiger partial charge in [-0.3, -0.25) is 0 Å². The molecule has 1 nitrogen and oxygen atoms in total. The summed E-state index contributed by atoms with van der Waals surface area (Å²) >= 11 is 5.24. The van der Waals surface area contributed by atoms with Crippen molar-refractivity contribution < 1.29 is 18.3 Å². The SMILES string of the molecule is Cc1cc(O)c(Cl)cc1SC(F)(F)F. The fourth-order valence-electron chi connectivity index (χ4n) is 0.883. The molecule has 1 N–H and O–H groups in total. The molecule has 0 unspecified atom stereocenters. The summed E-state index contributed by atoms with van der Waals surface area (Å²) in [4.78, 5) is 0.000278. The molecule has 1 aromatic carbocycles. The predicted molar refractivity (Wildman–Crippen MR) is 49.8 cm³/mol. The molecule has 6 heteroatoms. The largest absolute Gasteiger partial charge is 0.506 e. The summed E-state index contributed by atoms with van der Waals surface area (Å²) < 4.78 is 36.0. The second-order valence-electron chi connectivity index (χ2n) is 2.62. The van der Waals surface area contributed by atoms with E-state index < -0.39 is 5.51 Å². The van der Waals surface area contributed by atoms with E-state index in [1.165, 1.54) is 13.0 Å². The van der Waals surface area contributed by atoms with Crippen LogP contribution in [0.25, 0.3) is 0 Å². The van der Waals surface area contributed by atoms with Crippen LogP contribution in [0.3, 0.4) is 0 Å². The van der Waals surface area contributed by atoms with Crippen LogP contribution in [-0.4, -0.2) is 10.6 Å². The zero-order valence-corrected chi connectivity index (χ0v) is 8.59. The monoisotopic (exact) mass is 242 g/mol. The van der Waals surface area contributed by atoms with Crippen molar-refractivity contribution in [2.45, 2.75) is 17.3 Å². The van der Waals surface area contributed by atoms with Crippen molar-refractivity contribution in [1.82, 2.24) is 0 Å². The number of hydrogen-bond donors (Lipinski definition) is 1. The van der Waals surface area contributed by atoms with Gasteiger partial charge in [-0.1, -0.05) is 11.6 Å². The van der Waals surface area contributed by atoms with Crippen LogP contribution in [-0.2, 0) is 0 Å². The van der Waals surface area contributed by atoms with Gasteiger partial charge in [-0.15, -0.1) is 0 Å². The van der Waals surface area contributed by atoms with Gasteiger partial charge in [0.05, 0.1) is 5.02 Å². The molecular formula is C8H6ClF3OS. The molecule has 0 aromatic heterocycles. The molecule has 0 fully saturated rings. The minimum absolute atomic E-state index is 0.000278. The summed E-state index contributed by atoms with van der Waals surface area (Å²) in [6, 6.07) is 2.31. The zero-order chi connectivity index (χ0) is 10.9. The number of phenols is 1. The average molecular weight is 243 g/mol. The number of aryl methyl sites for hydroxylation is 1. The Morgan fingerprint density at radius 1 is 1.36 bits per heavy atom. The van der Waals surface area contributed by atoms with Gasteiger partial charge in [0.15, 0.2) is 0 Å². The summed E-state index contributed by atoms with van der Waals surface area (Å²) in [7, 11) is 0. The number of hydrogen-bond acceptors (Lipinski definition) is 2. The van der Waals surface area contributed by atoms with Gasteiger partial charge in [0.1, 0.15) is 5.75 Å². The molecule has 0 spiro atoms. The van der Waals surface area contributed by atoms with E-state index in [1.54, 1.807) is 0 Å². The lowest BCUT2D eigenvalue weighted by molar-refractivity contribution is -0.0328. The molecule has 0 aliphatic rings. The Bertz CT molecular complexity index is 351. The van der Waals surface area contributed by atoms with E-state index >= 15 is 0 Å². The molecule has 0 aliphatic carbocycles. The third kappa shape index (κ3) is 2.99. The number of thioether (sulfide) groups is 1. The fourth-order valence-corrected chi connectivity index (χ4v) is 1.76. The summed E-state index contributed by atoms with van der Waals surface area (Å²) in [5.74, 6) is -0.212. The first kappa shape index (κ1) is 11.5. The van der Waals surface area contributed by atoms with Crippen molar-refractivity contribution in [3.8, 4) is 5.75 Å². The maximum absolute atomic E-state index is 12.0. The number of benzene rings is 1. The van der Waals surface area contributed by atoms with Gasteiger partial charge >= 0.3 is 5.51 Å². The minimum Gasteiger partial charge on any atom is -0.506 e. The molecule has 1 rings (SSSR count). The Labute approximate surface area is 87.9 Å². The Hall–Kier alpha value is -0.550. The Morgan fingerprint density at radius 3 is 2.43 bits per heavy atom. The Morgan fingerprint density at radius 2 is 1.93 bits per heavy atom. The quantitative estimate of drug-likeness (QED) is 0.752. The minimum atomic E-state index is -4.34. The van der Waals surface area contributed by atoms with Crippen LogP contribution in [0.5, 0.6) is 5.75 Å². The second-order valence-corrected chi connectivity index (χ2v) is 4.13. The number of rotatable bonds is 1. The lowest BCUT2D eigenvalue weighted by Gasteiger charge is -2.09. The van der Waals surface area contributed by atoms with Crippen LogP contribution in [0.2, 0.25) is 5.02 Å². The molecular weight excluding hydrogens is 237 g/mol. The summed E-state index contributed by atoms with van der Waals surface area (Å²) in [5, 5.41) is 9.02. The van der Waals surface area contributed by atoms with Crippen molar-refractivity contribution in [2.24, 2.45) is 0 Å². The lowest BCUT2D eigenvalue weighted by Crippen LogP contribution is -2.00. The number of phenolic OH excluding ortho intramolecular Hbond substituents is 1. The molecule has 0 atom stereocenters. The van der Waals surface area contributed by atoms with E-state index in [0.29, 0.717) is 5.56 Å². The van der Waals surface area contributed by atoms with Crippen molar-refractivity contribution >= 4 is 23.4 Å². The van der Waals surface area contributed by atoms with Crippen molar-refractivity contribution in [3.63, 3.8) is 0 Å². The highest BCUT2D eigenvalue weighted by atomic mass is 35.5. The topological polar surface area (TPSA) is 20.2 Å². The van der Waals surface area contributed by atoms with E-state index in [4.69, 9.17) is 16.7 Å². The number of alkyl halides is 3. The first-order valence-corrected chi connectivity index (χ1v) is 4.74. The van der Waals surface area contributed by atoms with Gasteiger partial charge in [0.25, 0.3) is 0 Å². The summed E-state index contributed by atoms with van der Waals surface area (Å²) in [5.41, 5.74) is -4.00. The van der Waals surface area contributed by atoms with E-state index in [0.717, 1.165) is 6.07 Å². The van der Waals surface area contributed by atoms with Crippen LogP contribution < -0.4 is 0 Å². The first-order valence-electron chi connectivity index (χ1n) is 3.54. The number of aromatic hydroxyl groups is 1. The van der Waals surface area contributed by atoms with Gasteiger partial charge in [0, 0.05) is 4.90 Å². The molecule has 0 radical (unpaired) electrons. The van der Waals surface area contributed by atoms with Crippen molar-refractivity contribution in [1.29, 1.82) is 0 Å². The normalized spacial score (nSPS) is 11.8. The maximum atomic E-state index is 12.0. The van der Waals surface area contributed by atoms with Crippen LogP contribution in [0.1, 0.15) is 5.56 Å². The van der Waals surface area contributed by atoms with Gasteiger partial charge in [0.2, 0.25) is 0 Å². The Balaban J connectivity index is 3.04. The van der Waals surface area contributed by atoms with Gasteiger partial charge in [-0.05, 0) is 36.4 Å². The molecule has 78 valence electrons. The summed E-state index contributed by atoms with van der Waals surface area (Å²) in [6.07, 6.45) is 0. The first-order chi connectivity index (χ1) is 6.29. The molecule has 0 heterocycles. The van der Waals surface area contributed by atoms with Crippen LogP contribution >= 0.6 is 23.4 Å². The zero-order valence-electron chi connectivity index (χ0n) is 7.02. The van der Waals surface area contributed by atoms with E-state index in [1.807, 2.05) is 0 Å². The Kier molecular flexibility index (Phi) is 3.21. The molecule has 14 heavy (non-hydrogen) atoms. The van der Waals surface area contributed by atoms with Gasteiger partial charge in [-0.25, -0.2) is 0 Å². The third-order valence-electron chi connectivity index (χ3n) is 1.47. The highest BCUT2D eigenvalue weighted by Crippen LogP contribution is 2.41. The predicted octanol–water partition coefficient (Wildman–Crippen LogP) is 3.97. The molecule has 0 bridgehead atoms. The highest BCUT2D eigenvalue weighted by Gasteiger charge is 2.30. The van der Waals surface area contributed by atoms with E-state index in [2.05, 4.69) is 0 Å². The van der Waals surface area contributed by atoms with E-state index in [9.17, 15) is 13.2 Å². The third-order valence-corrected chi connectivity index (χ3v) is 2.66. The van der Waals surface area contributed by atoms with Crippen LogP contribution in [0.15, 0.2) is 17.0 Å². The van der Waals surface area contributed by atoms with Crippen LogP contribution in [0, 0.1) is 6.92 Å². The van der Waals surface area contributed by atoms with E-state index in [-0.39, 0.29) is 27.4 Å². The fraction of sp³-hybridized carbons (Fsp3) is 0.250. The average Bonchev–Trinajstić information content (AvgIpc) is 1.97. The van der Waals surface area contributed by atoms with Crippen molar-refractivity contribution in [3.05, 3.63) is 22.7 Å². The highest BCUT2D eigenvalue weighted by molar-refractivity contribution is 8.00. The molecule has 0 aliphatic heterocycles. The number of halogens is 4. The molecule has 0 saturated carbocycles. The molecule has 0 amide bonds. The standard InChI is InChI=1S/C8H6ClF3OS/c1-4-2-6(13)5(9)3-7(4)14-8(10,11)12/h2-3,13H,1H3.